The summed E-state index contributed by atoms with van der Waals surface area (Å²) in [5, 5.41) is 17.6. The van der Waals surface area contributed by atoms with E-state index in [0.717, 1.165) is 5.56 Å². The first-order valence-electron chi connectivity index (χ1n) is 4.74. The molecule has 0 aliphatic heterocycles. The third-order valence-electron chi connectivity index (χ3n) is 2.24. The zero-order valence-corrected chi connectivity index (χ0v) is 8.46. The summed E-state index contributed by atoms with van der Waals surface area (Å²) in [6.07, 6.45) is 3.44. The van der Waals surface area contributed by atoms with Crippen molar-refractivity contribution >= 4 is 0 Å². The molecule has 0 saturated carbocycles. The zero-order chi connectivity index (χ0) is 11.4. The Bertz CT molecular complexity index is 584. The van der Waals surface area contributed by atoms with Gasteiger partial charge in [-0.05, 0) is 29.8 Å². The van der Waals surface area contributed by atoms with Crippen LogP contribution in [-0.2, 0) is 6.54 Å². The fourth-order valence-electron chi connectivity index (χ4n) is 1.48. The van der Waals surface area contributed by atoms with Gasteiger partial charge in [0.1, 0.15) is 23.5 Å². The van der Waals surface area contributed by atoms with Crippen molar-refractivity contribution in [1.82, 2.24) is 9.55 Å². The summed E-state index contributed by atoms with van der Waals surface area (Å²) in [6.45, 7) is 0.576. The van der Waals surface area contributed by atoms with Crippen LogP contribution < -0.4 is 0 Å². The van der Waals surface area contributed by atoms with E-state index in [-0.39, 0.29) is 0 Å². The molecule has 2 rings (SSSR count). The number of pyridine rings is 1. The molecule has 16 heavy (non-hydrogen) atoms. The van der Waals surface area contributed by atoms with E-state index in [1.807, 2.05) is 29.0 Å². The molecule has 0 bridgehead atoms. The Balaban J connectivity index is 2.28. The Kier molecular flexibility index (Phi) is 2.67. The number of nitriles is 2. The Morgan fingerprint density at radius 2 is 2.12 bits per heavy atom. The van der Waals surface area contributed by atoms with Gasteiger partial charge in [-0.15, -0.1) is 0 Å². The van der Waals surface area contributed by atoms with Crippen LogP contribution in [0.3, 0.4) is 0 Å². The number of rotatable bonds is 2. The van der Waals surface area contributed by atoms with Gasteiger partial charge in [-0.3, -0.25) is 0 Å². The van der Waals surface area contributed by atoms with Crippen LogP contribution in [0.4, 0.5) is 0 Å². The molecule has 0 saturated heterocycles. The molecule has 0 fully saturated rings. The lowest BCUT2D eigenvalue weighted by molar-refractivity contribution is 0.791. The molecule has 0 aliphatic rings. The maximum absolute atomic E-state index is 8.85. The van der Waals surface area contributed by atoms with E-state index in [2.05, 4.69) is 11.1 Å². The molecule has 0 radical (unpaired) electrons. The predicted octanol–water partition coefficient (Wildman–Crippen LogP) is 1.67. The van der Waals surface area contributed by atoms with Crippen molar-refractivity contribution in [3.05, 3.63) is 53.6 Å². The Labute approximate surface area is 93.0 Å². The first-order chi connectivity index (χ1) is 7.83. The van der Waals surface area contributed by atoms with Crippen LogP contribution in [0, 0.1) is 22.7 Å². The van der Waals surface area contributed by atoms with Crippen LogP contribution in [0.25, 0.3) is 0 Å². The van der Waals surface area contributed by atoms with Crippen molar-refractivity contribution in [3.8, 4) is 12.1 Å². The molecule has 0 atom stereocenters. The molecule has 4 nitrogen and oxygen atoms in total. The normalized spacial score (nSPS) is 9.38. The summed E-state index contributed by atoms with van der Waals surface area (Å²) in [5.74, 6) is 0. The number of hydrogen-bond acceptors (Lipinski definition) is 3. The average Bonchev–Trinajstić information content (AvgIpc) is 2.76. The molecule has 76 valence electrons. The number of hydrogen-bond donors (Lipinski definition) is 0. The molecule has 2 aromatic heterocycles. The Morgan fingerprint density at radius 3 is 2.88 bits per heavy atom. The van der Waals surface area contributed by atoms with Crippen molar-refractivity contribution < 1.29 is 0 Å². The summed E-state index contributed by atoms with van der Waals surface area (Å²) in [7, 11) is 0. The van der Waals surface area contributed by atoms with Gasteiger partial charge in [-0.25, -0.2) is 4.98 Å². The van der Waals surface area contributed by atoms with Gasteiger partial charge >= 0.3 is 0 Å². The van der Waals surface area contributed by atoms with Gasteiger partial charge in [-0.1, -0.05) is 0 Å². The molecular weight excluding hydrogens is 200 g/mol. The van der Waals surface area contributed by atoms with Crippen molar-refractivity contribution in [3.63, 3.8) is 0 Å². The van der Waals surface area contributed by atoms with Crippen LogP contribution in [0.5, 0.6) is 0 Å². The maximum atomic E-state index is 8.85. The van der Waals surface area contributed by atoms with Crippen molar-refractivity contribution in [2.24, 2.45) is 0 Å². The molecule has 2 heterocycles. The van der Waals surface area contributed by atoms with Gasteiger partial charge in [0.05, 0.1) is 0 Å². The molecule has 2 aromatic rings. The highest BCUT2D eigenvalue weighted by Crippen LogP contribution is 2.07. The van der Waals surface area contributed by atoms with Crippen molar-refractivity contribution in [1.29, 1.82) is 10.5 Å². The van der Waals surface area contributed by atoms with Gasteiger partial charge in [0.25, 0.3) is 0 Å². The molecule has 0 aromatic carbocycles. The second-order valence-electron chi connectivity index (χ2n) is 3.29. The minimum Gasteiger partial charge on any atom is -0.335 e. The summed E-state index contributed by atoms with van der Waals surface area (Å²) in [5.41, 5.74) is 1.96. The van der Waals surface area contributed by atoms with Gasteiger partial charge in [-0.2, -0.15) is 10.5 Å². The van der Waals surface area contributed by atoms with E-state index in [1.165, 1.54) is 0 Å². The highest BCUT2D eigenvalue weighted by molar-refractivity contribution is 5.28. The van der Waals surface area contributed by atoms with E-state index in [4.69, 9.17) is 10.5 Å². The summed E-state index contributed by atoms with van der Waals surface area (Å²) < 4.78 is 1.83. The highest BCUT2D eigenvalue weighted by Gasteiger charge is 2.01. The lowest BCUT2D eigenvalue weighted by Gasteiger charge is -2.04. The molecule has 0 unspecified atom stereocenters. The smallest absolute Gasteiger partial charge is 0.140 e. The largest absolute Gasteiger partial charge is 0.335 e. The number of aromatic nitrogens is 2. The van der Waals surface area contributed by atoms with Crippen molar-refractivity contribution in [2.45, 2.75) is 6.54 Å². The lowest BCUT2D eigenvalue weighted by Crippen LogP contribution is -2.01. The van der Waals surface area contributed by atoms with E-state index in [9.17, 15) is 0 Å². The van der Waals surface area contributed by atoms with Crippen LogP contribution in [-0.4, -0.2) is 9.55 Å². The van der Waals surface area contributed by atoms with Crippen LogP contribution in [0.1, 0.15) is 17.0 Å². The quantitative estimate of drug-likeness (QED) is 0.754. The maximum Gasteiger partial charge on any atom is 0.140 e. The second kappa shape index (κ2) is 4.29. The second-order valence-corrected chi connectivity index (χ2v) is 3.29. The topological polar surface area (TPSA) is 65.4 Å². The van der Waals surface area contributed by atoms with Crippen molar-refractivity contribution in [2.75, 3.05) is 0 Å². The van der Waals surface area contributed by atoms with E-state index < -0.39 is 0 Å². The van der Waals surface area contributed by atoms with E-state index in [1.54, 1.807) is 18.3 Å². The third-order valence-corrected chi connectivity index (χ3v) is 2.24. The monoisotopic (exact) mass is 208 g/mol. The van der Waals surface area contributed by atoms with Crippen LogP contribution in [0.15, 0.2) is 36.7 Å². The molecule has 0 amide bonds. The molecule has 0 spiro atoms. The minimum absolute atomic E-state index is 0.392. The summed E-state index contributed by atoms with van der Waals surface area (Å²) >= 11 is 0. The van der Waals surface area contributed by atoms with E-state index >= 15 is 0 Å². The molecular formula is C12H8N4. The first kappa shape index (κ1) is 9.95. The lowest BCUT2D eigenvalue weighted by atomic mass is 10.2. The standard InChI is InChI=1S/C12H8N4/c13-7-11-6-10(3-4-15-11)9-16-5-1-2-12(16)8-14/h1-6H,9H2. The third kappa shape index (κ3) is 1.92. The Morgan fingerprint density at radius 1 is 1.25 bits per heavy atom. The number of nitrogens with zero attached hydrogens (tertiary/aromatic N) is 4. The van der Waals surface area contributed by atoms with Gasteiger partial charge in [0.2, 0.25) is 0 Å². The zero-order valence-electron chi connectivity index (χ0n) is 8.46. The highest BCUT2D eigenvalue weighted by atomic mass is 15.0. The van der Waals surface area contributed by atoms with Gasteiger partial charge in [0.15, 0.2) is 0 Å². The first-order valence-corrected chi connectivity index (χ1v) is 4.74. The molecule has 4 heteroatoms. The van der Waals surface area contributed by atoms with Gasteiger partial charge in [0, 0.05) is 18.9 Å². The summed E-state index contributed by atoms with van der Waals surface area (Å²) in [6, 6.07) is 11.2. The summed E-state index contributed by atoms with van der Waals surface area (Å²) in [4.78, 5) is 3.89. The fraction of sp³-hybridized carbons (Fsp3) is 0.0833. The van der Waals surface area contributed by atoms with Crippen LogP contribution in [0.2, 0.25) is 0 Å². The van der Waals surface area contributed by atoms with Gasteiger partial charge < -0.3 is 4.57 Å². The minimum atomic E-state index is 0.392. The van der Waals surface area contributed by atoms with E-state index in [0.29, 0.717) is 17.9 Å². The molecule has 0 aliphatic carbocycles. The average molecular weight is 208 g/mol. The predicted molar refractivity (Wildman–Crippen MR) is 57.2 cm³/mol. The fourth-order valence-corrected chi connectivity index (χ4v) is 1.48. The Hall–Kier alpha value is -2.59. The SMILES string of the molecule is N#Cc1cc(Cn2cccc2C#N)ccn1. The molecule has 0 N–H and O–H groups in total. The van der Waals surface area contributed by atoms with Crippen LogP contribution >= 0.6 is 0 Å².